The number of halogens is 1. The number of hydrogen-bond donors (Lipinski definition) is 0. The van der Waals surface area contributed by atoms with E-state index in [4.69, 9.17) is 10.00 Å². The molecule has 1 aromatic heterocycles. The van der Waals surface area contributed by atoms with Crippen molar-refractivity contribution < 1.29 is 9.53 Å². The molecule has 0 spiro atoms. The van der Waals surface area contributed by atoms with Crippen molar-refractivity contribution in [3.05, 3.63) is 35.0 Å². The zero-order valence-electron chi connectivity index (χ0n) is 11.9. The van der Waals surface area contributed by atoms with Crippen molar-refractivity contribution in [2.45, 2.75) is 31.2 Å². The molecule has 2 heterocycles. The van der Waals surface area contributed by atoms with Crippen molar-refractivity contribution in [2.75, 3.05) is 0 Å². The Morgan fingerprint density at radius 1 is 1.38 bits per heavy atom. The van der Waals surface area contributed by atoms with Crippen molar-refractivity contribution in [2.24, 2.45) is 0 Å². The summed E-state index contributed by atoms with van der Waals surface area (Å²) in [5.41, 5.74) is 1.83. The molecule has 3 rings (SSSR count). The van der Waals surface area contributed by atoms with E-state index >= 15 is 0 Å². The molecule has 5 heteroatoms. The van der Waals surface area contributed by atoms with Crippen LogP contribution in [-0.2, 0) is 0 Å². The number of fused-ring (bicyclic) bond motifs is 2. The zero-order chi connectivity index (χ0) is 15.4. The molecule has 1 aromatic carbocycles. The third-order valence-corrected chi connectivity index (χ3v) is 5.23. The minimum Gasteiger partial charge on any atom is -0.485 e. The van der Waals surface area contributed by atoms with Crippen LogP contribution in [0.15, 0.2) is 18.2 Å². The van der Waals surface area contributed by atoms with E-state index in [1.54, 1.807) is 12.1 Å². The lowest BCUT2D eigenvalue weighted by atomic mass is 9.91. The summed E-state index contributed by atoms with van der Waals surface area (Å²) in [6, 6.07) is 7.32. The first-order valence-electron chi connectivity index (χ1n) is 6.56. The first-order valence-corrected chi connectivity index (χ1v) is 7.48. The number of aryl methyl sites for hydroxylation is 1. The summed E-state index contributed by atoms with van der Waals surface area (Å²) in [5.74, 6) is 0.549. The molecule has 1 aliphatic heterocycles. The van der Waals surface area contributed by atoms with Crippen LogP contribution in [0.5, 0.6) is 5.75 Å². The van der Waals surface area contributed by atoms with Crippen molar-refractivity contribution in [3.63, 3.8) is 0 Å². The third-order valence-electron chi connectivity index (χ3n) is 3.71. The molecule has 1 aliphatic rings. The number of carbonyl (C=O) groups is 1. The van der Waals surface area contributed by atoms with Gasteiger partial charge in [0, 0.05) is 5.39 Å². The predicted molar refractivity (Wildman–Crippen MR) is 82.9 cm³/mol. The lowest BCUT2D eigenvalue weighted by molar-refractivity contribution is 0.0669. The molecule has 0 bridgehead atoms. The number of pyridine rings is 1. The van der Waals surface area contributed by atoms with Gasteiger partial charge in [0.15, 0.2) is 5.78 Å². The lowest BCUT2D eigenvalue weighted by Crippen LogP contribution is -2.46. The number of nitrogens with zero attached hydrogens (tertiary/aromatic N) is 2. The maximum absolute atomic E-state index is 12.5. The van der Waals surface area contributed by atoms with E-state index in [2.05, 4.69) is 20.9 Å². The quantitative estimate of drug-likeness (QED) is 0.685. The monoisotopic (exact) mass is 344 g/mol. The van der Waals surface area contributed by atoms with Crippen molar-refractivity contribution in [1.29, 1.82) is 5.26 Å². The Morgan fingerprint density at radius 3 is 2.76 bits per heavy atom. The van der Waals surface area contributed by atoms with Gasteiger partial charge in [-0.3, -0.25) is 4.79 Å². The Morgan fingerprint density at radius 2 is 2.10 bits per heavy atom. The van der Waals surface area contributed by atoms with E-state index in [-0.39, 0.29) is 5.78 Å². The van der Waals surface area contributed by atoms with Gasteiger partial charge in [-0.05, 0) is 44.5 Å². The lowest BCUT2D eigenvalue weighted by Gasteiger charge is -2.36. The topological polar surface area (TPSA) is 63.0 Å². The number of aromatic nitrogens is 1. The van der Waals surface area contributed by atoms with Gasteiger partial charge in [0.2, 0.25) is 0 Å². The molecule has 4 nitrogen and oxygen atoms in total. The van der Waals surface area contributed by atoms with E-state index in [9.17, 15) is 4.79 Å². The number of carbonyl (C=O) groups excluding carboxylic acids is 1. The predicted octanol–water partition coefficient (Wildman–Crippen LogP) is 3.53. The van der Waals surface area contributed by atoms with E-state index in [0.717, 1.165) is 10.9 Å². The highest BCUT2D eigenvalue weighted by Gasteiger charge is 2.41. The summed E-state index contributed by atoms with van der Waals surface area (Å²) in [5, 5.41) is 9.90. The summed E-state index contributed by atoms with van der Waals surface area (Å²) in [4.78, 5) is 16.4. The van der Waals surface area contributed by atoms with Gasteiger partial charge in [0.25, 0.3) is 0 Å². The first-order chi connectivity index (χ1) is 9.83. The van der Waals surface area contributed by atoms with Crippen LogP contribution in [-0.4, -0.2) is 21.2 Å². The fraction of sp³-hybridized carbons (Fsp3) is 0.312. The summed E-state index contributed by atoms with van der Waals surface area (Å²) >= 11 is 3.40. The standard InChI is InChI=1S/C16H13BrN2O2/c1-8-4-9(7-18)19-12-5-11-13(6-10(8)12)21-16(2,3)15(17)14(11)20/h4-6,15H,1-3H3. The normalized spacial score (nSPS) is 19.8. The fourth-order valence-corrected chi connectivity index (χ4v) is 2.88. The minimum absolute atomic E-state index is 0.0232. The summed E-state index contributed by atoms with van der Waals surface area (Å²) < 4.78 is 5.96. The average Bonchev–Trinajstić information content (AvgIpc) is 2.44. The van der Waals surface area contributed by atoms with Gasteiger partial charge in [-0.25, -0.2) is 4.98 Å². The highest BCUT2D eigenvalue weighted by atomic mass is 79.9. The molecule has 0 saturated heterocycles. The first kappa shape index (κ1) is 14.0. The number of nitriles is 1. The average molecular weight is 345 g/mol. The van der Waals surface area contributed by atoms with Gasteiger partial charge < -0.3 is 4.74 Å². The van der Waals surface area contributed by atoms with Crippen molar-refractivity contribution in [1.82, 2.24) is 4.98 Å². The van der Waals surface area contributed by atoms with Crippen LogP contribution in [0, 0.1) is 18.3 Å². The number of ketones is 1. The Labute approximate surface area is 130 Å². The Hall–Kier alpha value is -1.93. The minimum atomic E-state index is -0.605. The number of rotatable bonds is 0. The number of benzene rings is 1. The van der Waals surface area contributed by atoms with Crippen molar-refractivity contribution in [3.8, 4) is 11.8 Å². The number of hydrogen-bond acceptors (Lipinski definition) is 4. The third kappa shape index (κ3) is 2.11. The fourth-order valence-electron chi connectivity index (χ4n) is 2.54. The van der Waals surface area contributed by atoms with Gasteiger partial charge in [0.05, 0.1) is 11.1 Å². The SMILES string of the molecule is Cc1cc(C#N)nc2cc3c(cc12)OC(C)(C)C(Br)C3=O. The molecular weight excluding hydrogens is 332 g/mol. The van der Waals surface area contributed by atoms with E-state index < -0.39 is 10.4 Å². The number of alkyl halides is 1. The van der Waals surface area contributed by atoms with Gasteiger partial charge in [-0.1, -0.05) is 15.9 Å². The highest BCUT2D eigenvalue weighted by Crippen LogP contribution is 2.39. The molecule has 21 heavy (non-hydrogen) atoms. The maximum atomic E-state index is 12.5. The van der Waals surface area contributed by atoms with Crippen LogP contribution >= 0.6 is 15.9 Å². The van der Waals surface area contributed by atoms with Crippen LogP contribution in [0.25, 0.3) is 10.9 Å². The molecule has 0 saturated carbocycles. The van der Waals surface area contributed by atoms with Crippen molar-refractivity contribution >= 4 is 32.6 Å². The van der Waals surface area contributed by atoms with E-state index in [1.807, 2.05) is 32.9 Å². The van der Waals surface area contributed by atoms with Crippen LogP contribution in [0.1, 0.15) is 35.5 Å². The smallest absolute Gasteiger partial charge is 0.184 e. The molecule has 1 atom stereocenters. The Bertz CT molecular complexity index is 821. The Balaban J connectivity index is 2.30. The van der Waals surface area contributed by atoms with Gasteiger partial charge in [-0.15, -0.1) is 0 Å². The highest BCUT2D eigenvalue weighted by molar-refractivity contribution is 9.10. The summed E-state index contributed by atoms with van der Waals surface area (Å²) in [6.45, 7) is 5.67. The molecule has 106 valence electrons. The molecule has 2 aromatic rings. The van der Waals surface area contributed by atoms with Gasteiger partial charge in [-0.2, -0.15) is 5.26 Å². The van der Waals surface area contributed by atoms with Crippen LogP contribution in [0.2, 0.25) is 0 Å². The van der Waals surface area contributed by atoms with Gasteiger partial charge in [0.1, 0.15) is 27.9 Å². The van der Waals surface area contributed by atoms with Crippen LogP contribution < -0.4 is 4.74 Å². The van der Waals surface area contributed by atoms with Crippen LogP contribution in [0.4, 0.5) is 0 Å². The second-order valence-corrected chi connectivity index (χ2v) is 6.65. The number of ether oxygens (including phenoxy) is 1. The zero-order valence-corrected chi connectivity index (χ0v) is 13.5. The van der Waals surface area contributed by atoms with E-state index in [1.165, 1.54) is 0 Å². The largest absolute Gasteiger partial charge is 0.485 e. The summed E-state index contributed by atoms with van der Waals surface area (Å²) in [6.07, 6.45) is 0. The molecule has 0 N–H and O–H groups in total. The molecule has 0 amide bonds. The van der Waals surface area contributed by atoms with E-state index in [0.29, 0.717) is 22.5 Å². The number of Topliss-reactive ketones (excluding diaryl/α,β-unsaturated/α-hetero) is 1. The van der Waals surface area contributed by atoms with Crippen LogP contribution in [0.3, 0.4) is 0 Å². The molecular formula is C16H13BrN2O2. The Kier molecular flexibility index (Phi) is 3.03. The second kappa shape index (κ2) is 4.54. The van der Waals surface area contributed by atoms with Gasteiger partial charge >= 0.3 is 0 Å². The summed E-state index contributed by atoms with van der Waals surface area (Å²) in [7, 11) is 0. The molecule has 1 unspecified atom stereocenters. The molecule has 0 fully saturated rings. The molecule has 0 radical (unpaired) electrons. The molecule has 0 aliphatic carbocycles. The second-order valence-electron chi connectivity index (χ2n) is 5.73. The maximum Gasteiger partial charge on any atom is 0.184 e.